The standard InChI is InChI=1S/C26H28ClN5OS/c1-3-30-12-14-31(15-13-30)17-19-4-8-21(9-5-19)28-25(33)24-16-23-18(2)29-32(26(23)34-24)22-10-6-20(27)7-11-22/h4-11,16H,3,12-15,17H2,1-2H3,(H,28,33). The Labute approximate surface area is 208 Å². The molecule has 1 fully saturated rings. The summed E-state index contributed by atoms with van der Waals surface area (Å²) in [7, 11) is 0. The number of fused-ring (bicyclic) bond motifs is 1. The summed E-state index contributed by atoms with van der Waals surface area (Å²) in [5.41, 5.74) is 3.88. The zero-order valence-corrected chi connectivity index (χ0v) is 21.0. The Bertz CT molecular complexity index is 1290. The van der Waals surface area contributed by atoms with Gasteiger partial charge >= 0.3 is 0 Å². The SMILES string of the molecule is CCN1CCN(Cc2ccc(NC(=O)c3cc4c(C)nn(-c5ccc(Cl)cc5)c4s3)cc2)CC1. The summed E-state index contributed by atoms with van der Waals surface area (Å²) >= 11 is 7.47. The van der Waals surface area contributed by atoms with E-state index in [0.717, 1.165) is 66.6 Å². The Morgan fingerprint density at radius 2 is 1.71 bits per heavy atom. The maximum atomic E-state index is 13.0. The molecule has 2 aromatic carbocycles. The van der Waals surface area contributed by atoms with E-state index in [0.29, 0.717) is 9.90 Å². The molecule has 176 valence electrons. The van der Waals surface area contributed by atoms with Crippen molar-refractivity contribution in [3.8, 4) is 5.69 Å². The van der Waals surface area contributed by atoms with Gasteiger partial charge in [0.25, 0.3) is 5.91 Å². The van der Waals surface area contributed by atoms with E-state index in [9.17, 15) is 4.79 Å². The molecule has 0 radical (unpaired) electrons. The Balaban J connectivity index is 1.26. The van der Waals surface area contributed by atoms with Gasteiger partial charge in [0, 0.05) is 48.8 Å². The molecule has 1 amide bonds. The topological polar surface area (TPSA) is 53.4 Å². The van der Waals surface area contributed by atoms with Gasteiger partial charge in [-0.25, -0.2) is 4.68 Å². The van der Waals surface area contributed by atoms with Crippen molar-refractivity contribution in [3.05, 3.63) is 75.8 Å². The third-order valence-corrected chi connectivity index (χ3v) is 7.73. The number of benzene rings is 2. The molecule has 0 unspecified atom stereocenters. The highest BCUT2D eigenvalue weighted by Gasteiger charge is 2.18. The number of nitrogens with one attached hydrogen (secondary N) is 1. The molecule has 8 heteroatoms. The monoisotopic (exact) mass is 493 g/mol. The fourth-order valence-corrected chi connectivity index (χ4v) is 5.53. The molecule has 0 saturated carbocycles. The number of aromatic nitrogens is 2. The van der Waals surface area contributed by atoms with Crippen LogP contribution in [0, 0.1) is 6.92 Å². The summed E-state index contributed by atoms with van der Waals surface area (Å²) < 4.78 is 1.87. The minimum Gasteiger partial charge on any atom is -0.321 e. The van der Waals surface area contributed by atoms with Crippen LogP contribution in [0.2, 0.25) is 5.02 Å². The van der Waals surface area contributed by atoms with Crippen molar-refractivity contribution in [2.45, 2.75) is 20.4 Å². The van der Waals surface area contributed by atoms with E-state index in [2.05, 4.69) is 39.3 Å². The maximum Gasteiger partial charge on any atom is 0.265 e. The summed E-state index contributed by atoms with van der Waals surface area (Å²) in [6.07, 6.45) is 0. The normalized spacial score (nSPS) is 15.1. The summed E-state index contributed by atoms with van der Waals surface area (Å²) in [6, 6.07) is 17.7. The fraction of sp³-hybridized carbons (Fsp3) is 0.308. The highest BCUT2D eigenvalue weighted by atomic mass is 35.5. The number of nitrogens with zero attached hydrogens (tertiary/aromatic N) is 4. The van der Waals surface area contributed by atoms with Crippen molar-refractivity contribution in [1.29, 1.82) is 0 Å². The lowest BCUT2D eigenvalue weighted by Gasteiger charge is -2.34. The third-order valence-electron chi connectivity index (χ3n) is 6.37. The Morgan fingerprint density at radius 1 is 1.03 bits per heavy atom. The lowest BCUT2D eigenvalue weighted by Crippen LogP contribution is -2.45. The smallest absolute Gasteiger partial charge is 0.265 e. The molecule has 6 nitrogen and oxygen atoms in total. The van der Waals surface area contributed by atoms with E-state index < -0.39 is 0 Å². The van der Waals surface area contributed by atoms with Crippen LogP contribution in [0.5, 0.6) is 0 Å². The average molecular weight is 494 g/mol. The molecule has 34 heavy (non-hydrogen) atoms. The van der Waals surface area contributed by atoms with Gasteiger partial charge in [-0.15, -0.1) is 11.3 Å². The molecule has 0 aliphatic carbocycles. The summed E-state index contributed by atoms with van der Waals surface area (Å²) in [5.74, 6) is -0.105. The van der Waals surface area contributed by atoms with Gasteiger partial charge < -0.3 is 10.2 Å². The number of piperazine rings is 1. The van der Waals surface area contributed by atoms with Gasteiger partial charge in [0.05, 0.1) is 16.3 Å². The second kappa shape index (κ2) is 9.88. The first-order valence-electron chi connectivity index (χ1n) is 11.6. The molecule has 2 aromatic heterocycles. The van der Waals surface area contributed by atoms with Gasteiger partial charge in [-0.05, 0) is 61.5 Å². The van der Waals surface area contributed by atoms with E-state index in [-0.39, 0.29) is 5.91 Å². The van der Waals surface area contributed by atoms with Crippen molar-refractivity contribution < 1.29 is 4.79 Å². The summed E-state index contributed by atoms with van der Waals surface area (Å²) in [4.78, 5) is 19.6. The fourth-order valence-electron chi connectivity index (χ4n) is 4.32. The van der Waals surface area contributed by atoms with Crippen molar-refractivity contribution >= 4 is 44.7 Å². The number of likely N-dealkylation sites (N-methyl/N-ethyl adjacent to an activating group) is 1. The molecule has 3 heterocycles. The largest absolute Gasteiger partial charge is 0.321 e. The quantitative estimate of drug-likeness (QED) is 0.388. The number of rotatable bonds is 6. The van der Waals surface area contributed by atoms with Crippen molar-refractivity contribution in [3.63, 3.8) is 0 Å². The van der Waals surface area contributed by atoms with Gasteiger partial charge in [-0.2, -0.15) is 5.10 Å². The van der Waals surface area contributed by atoms with Gasteiger partial charge in [-0.1, -0.05) is 30.7 Å². The van der Waals surface area contributed by atoms with E-state index in [1.807, 2.05) is 54.1 Å². The number of carbonyl (C=O) groups is 1. The van der Waals surface area contributed by atoms with Crippen molar-refractivity contribution in [2.75, 3.05) is 38.0 Å². The molecule has 4 aromatic rings. The molecular weight excluding hydrogens is 466 g/mol. The lowest BCUT2D eigenvalue weighted by molar-refractivity contribution is 0.103. The van der Waals surface area contributed by atoms with Crippen LogP contribution in [-0.4, -0.2) is 58.2 Å². The minimum absolute atomic E-state index is 0.105. The first-order chi connectivity index (χ1) is 16.5. The third kappa shape index (κ3) is 4.88. The number of aryl methyl sites for hydroxylation is 1. The van der Waals surface area contributed by atoms with E-state index in [1.54, 1.807) is 0 Å². The van der Waals surface area contributed by atoms with Crippen LogP contribution in [0.4, 0.5) is 5.69 Å². The van der Waals surface area contributed by atoms with Crippen LogP contribution in [-0.2, 0) is 6.54 Å². The zero-order valence-electron chi connectivity index (χ0n) is 19.4. The zero-order chi connectivity index (χ0) is 23.7. The molecule has 1 aliphatic heterocycles. The molecule has 5 rings (SSSR count). The minimum atomic E-state index is -0.105. The number of anilines is 1. The van der Waals surface area contributed by atoms with Gasteiger partial charge in [0.1, 0.15) is 4.83 Å². The first-order valence-corrected chi connectivity index (χ1v) is 12.8. The van der Waals surface area contributed by atoms with E-state index in [4.69, 9.17) is 11.6 Å². The Hall–Kier alpha value is -2.71. The number of amides is 1. The highest BCUT2D eigenvalue weighted by Crippen LogP contribution is 2.31. The molecule has 1 saturated heterocycles. The molecular formula is C26H28ClN5OS. The van der Waals surface area contributed by atoms with Crippen LogP contribution >= 0.6 is 22.9 Å². The predicted octanol–water partition coefficient (Wildman–Crippen LogP) is 5.44. The van der Waals surface area contributed by atoms with Gasteiger partial charge in [0.15, 0.2) is 0 Å². The maximum absolute atomic E-state index is 13.0. The second-order valence-electron chi connectivity index (χ2n) is 8.66. The second-order valence-corrected chi connectivity index (χ2v) is 10.1. The summed E-state index contributed by atoms with van der Waals surface area (Å²) in [5, 5.41) is 9.36. The summed E-state index contributed by atoms with van der Waals surface area (Å²) in [6.45, 7) is 10.7. The molecule has 1 aliphatic rings. The van der Waals surface area contributed by atoms with Crippen LogP contribution in [0.15, 0.2) is 54.6 Å². The molecule has 0 atom stereocenters. The van der Waals surface area contributed by atoms with Gasteiger partial charge in [-0.3, -0.25) is 9.69 Å². The van der Waals surface area contributed by atoms with Gasteiger partial charge in [0.2, 0.25) is 0 Å². The van der Waals surface area contributed by atoms with Crippen LogP contribution in [0.25, 0.3) is 15.9 Å². The number of thiophene rings is 1. The van der Waals surface area contributed by atoms with Crippen LogP contribution in [0.1, 0.15) is 27.9 Å². The molecule has 1 N–H and O–H groups in total. The first kappa shape index (κ1) is 23.1. The van der Waals surface area contributed by atoms with E-state index in [1.165, 1.54) is 16.9 Å². The van der Waals surface area contributed by atoms with Crippen molar-refractivity contribution in [2.24, 2.45) is 0 Å². The number of hydrogen-bond donors (Lipinski definition) is 1. The molecule has 0 bridgehead atoms. The van der Waals surface area contributed by atoms with Crippen LogP contribution < -0.4 is 5.32 Å². The lowest BCUT2D eigenvalue weighted by atomic mass is 10.1. The average Bonchev–Trinajstić information content (AvgIpc) is 3.42. The molecule has 0 spiro atoms. The predicted molar refractivity (Wildman–Crippen MR) is 140 cm³/mol. The Morgan fingerprint density at radius 3 is 2.38 bits per heavy atom. The highest BCUT2D eigenvalue weighted by molar-refractivity contribution is 7.20. The van der Waals surface area contributed by atoms with E-state index >= 15 is 0 Å². The van der Waals surface area contributed by atoms with Crippen molar-refractivity contribution in [1.82, 2.24) is 19.6 Å². The number of halogens is 1. The number of carbonyl (C=O) groups excluding carboxylic acids is 1. The number of hydrogen-bond acceptors (Lipinski definition) is 5. The Kier molecular flexibility index (Phi) is 6.70. The van der Waals surface area contributed by atoms with Crippen LogP contribution in [0.3, 0.4) is 0 Å².